The van der Waals surface area contributed by atoms with E-state index in [4.69, 9.17) is 5.73 Å². The number of nitrogens with two attached hydrogens (primary N) is 1. The number of nitrogens with one attached hydrogen (secondary N) is 1. The number of amides is 1. The zero-order valence-corrected chi connectivity index (χ0v) is 10.8. The van der Waals surface area contributed by atoms with E-state index in [2.05, 4.69) is 5.32 Å². The fourth-order valence-corrected chi connectivity index (χ4v) is 1.74. The van der Waals surface area contributed by atoms with Gasteiger partial charge < -0.3 is 11.1 Å². The minimum absolute atomic E-state index is 0.281. The third kappa shape index (κ3) is 2.91. The molecule has 1 amide bonds. The first-order valence-corrected chi connectivity index (χ1v) is 5.91. The van der Waals surface area contributed by atoms with Crippen LogP contribution in [0.1, 0.15) is 21.5 Å². The number of aryl methyl sites for hydroxylation is 2. The SMILES string of the molecule is Cc1cc(C(=O)Nc2cc(F)ccc2C)ccc1N. The lowest BCUT2D eigenvalue weighted by Crippen LogP contribution is -2.13. The van der Waals surface area contributed by atoms with E-state index in [1.165, 1.54) is 12.1 Å². The molecule has 0 bridgehead atoms. The van der Waals surface area contributed by atoms with Crippen molar-refractivity contribution < 1.29 is 9.18 Å². The van der Waals surface area contributed by atoms with E-state index < -0.39 is 0 Å². The summed E-state index contributed by atoms with van der Waals surface area (Å²) in [5.41, 5.74) is 8.95. The standard InChI is InChI=1S/C15H15FN2O/c1-9-3-5-12(16)8-14(9)18-15(19)11-4-6-13(17)10(2)7-11/h3-8H,17H2,1-2H3,(H,18,19). The van der Waals surface area contributed by atoms with Gasteiger partial charge in [0.15, 0.2) is 0 Å². The third-order valence-electron chi connectivity index (χ3n) is 2.98. The normalized spacial score (nSPS) is 10.3. The number of hydrogen-bond donors (Lipinski definition) is 2. The van der Waals surface area contributed by atoms with Crippen molar-refractivity contribution in [3.63, 3.8) is 0 Å². The minimum atomic E-state index is -0.380. The molecule has 3 N–H and O–H groups in total. The molecule has 0 aromatic heterocycles. The predicted octanol–water partition coefficient (Wildman–Crippen LogP) is 3.28. The van der Waals surface area contributed by atoms with Crippen LogP contribution >= 0.6 is 0 Å². The van der Waals surface area contributed by atoms with Crippen molar-refractivity contribution in [3.05, 3.63) is 58.9 Å². The van der Waals surface area contributed by atoms with Gasteiger partial charge in [-0.15, -0.1) is 0 Å². The number of rotatable bonds is 2. The molecule has 0 fully saturated rings. The fourth-order valence-electron chi connectivity index (χ4n) is 1.74. The van der Waals surface area contributed by atoms with Gasteiger partial charge in [-0.25, -0.2) is 4.39 Å². The molecule has 0 unspecified atom stereocenters. The number of hydrogen-bond acceptors (Lipinski definition) is 2. The van der Waals surface area contributed by atoms with Crippen LogP contribution in [0, 0.1) is 19.7 Å². The number of carbonyl (C=O) groups excluding carboxylic acids is 1. The Balaban J connectivity index is 2.25. The van der Waals surface area contributed by atoms with Crippen LogP contribution in [0.25, 0.3) is 0 Å². The molecular weight excluding hydrogens is 243 g/mol. The molecule has 0 heterocycles. The van der Waals surface area contributed by atoms with Crippen LogP contribution < -0.4 is 11.1 Å². The van der Waals surface area contributed by atoms with Gasteiger partial charge in [0.1, 0.15) is 5.82 Å². The van der Waals surface area contributed by atoms with Crippen LogP contribution in [0.2, 0.25) is 0 Å². The van der Waals surface area contributed by atoms with Gasteiger partial charge in [0.25, 0.3) is 5.91 Å². The van der Waals surface area contributed by atoms with Crippen molar-refractivity contribution in [2.45, 2.75) is 13.8 Å². The van der Waals surface area contributed by atoms with Crippen molar-refractivity contribution in [1.29, 1.82) is 0 Å². The van der Waals surface area contributed by atoms with Crippen LogP contribution in [0.3, 0.4) is 0 Å². The van der Waals surface area contributed by atoms with Gasteiger partial charge in [0.05, 0.1) is 0 Å². The first-order chi connectivity index (χ1) is 8.97. The van der Waals surface area contributed by atoms with Gasteiger partial charge in [0, 0.05) is 16.9 Å². The van der Waals surface area contributed by atoms with Crippen LogP contribution in [0.5, 0.6) is 0 Å². The summed E-state index contributed by atoms with van der Waals surface area (Å²) in [7, 11) is 0. The highest BCUT2D eigenvalue weighted by Gasteiger charge is 2.09. The number of benzene rings is 2. The second kappa shape index (κ2) is 5.10. The molecule has 0 aliphatic carbocycles. The second-order valence-corrected chi connectivity index (χ2v) is 4.48. The molecule has 0 saturated carbocycles. The highest BCUT2D eigenvalue weighted by atomic mass is 19.1. The maximum Gasteiger partial charge on any atom is 0.255 e. The van der Waals surface area contributed by atoms with Gasteiger partial charge in [-0.05, 0) is 55.3 Å². The van der Waals surface area contributed by atoms with E-state index in [0.29, 0.717) is 16.9 Å². The molecule has 98 valence electrons. The average Bonchev–Trinajstić information content (AvgIpc) is 2.37. The summed E-state index contributed by atoms with van der Waals surface area (Å²) in [5, 5.41) is 2.69. The Morgan fingerprint density at radius 2 is 1.84 bits per heavy atom. The summed E-state index contributed by atoms with van der Waals surface area (Å²) in [4.78, 5) is 12.1. The van der Waals surface area contributed by atoms with Crippen molar-refractivity contribution >= 4 is 17.3 Å². The Morgan fingerprint density at radius 1 is 1.11 bits per heavy atom. The molecule has 0 aliphatic heterocycles. The molecule has 0 aliphatic rings. The van der Waals surface area contributed by atoms with E-state index in [1.54, 1.807) is 24.3 Å². The lowest BCUT2D eigenvalue weighted by molar-refractivity contribution is 0.102. The Labute approximate surface area is 111 Å². The number of carbonyl (C=O) groups is 1. The molecule has 3 nitrogen and oxygen atoms in total. The lowest BCUT2D eigenvalue weighted by Gasteiger charge is -2.09. The molecule has 0 atom stereocenters. The van der Waals surface area contributed by atoms with Crippen molar-refractivity contribution in [2.75, 3.05) is 11.1 Å². The van der Waals surface area contributed by atoms with Gasteiger partial charge in [-0.3, -0.25) is 4.79 Å². The molecule has 0 saturated heterocycles. The van der Waals surface area contributed by atoms with Crippen molar-refractivity contribution in [3.8, 4) is 0 Å². The monoisotopic (exact) mass is 258 g/mol. The fraction of sp³-hybridized carbons (Fsp3) is 0.133. The summed E-state index contributed by atoms with van der Waals surface area (Å²) in [6.45, 7) is 3.64. The van der Waals surface area contributed by atoms with Crippen LogP contribution in [0.15, 0.2) is 36.4 Å². The van der Waals surface area contributed by atoms with Crippen LogP contribution in [-0.2, 0) is 0 Å². The van der Waals surface area contributed by atoms with E-state index in [1.807, 2.05) is 13.8 Å². The van der Waals surface area contributed by atoms with Crippen LogP contribution in [0.4, 0.5) is 15.8 Å². The predicted molar refractivity (Wildman–Crippen MR) is 74.7 cm³/mol. The Kier molecular flexibility index (Phi) is 3.51. The Bertz CT molecular complexity index is 638. The van der Waals surface area contributed by atoms with Crippen LogP contribution in [-0.4, -0.2) is 5.91 Å². The van der Waals surface area contributed by atoms with E-state index in [9.17, 15) is 9.18 Å². The van der Waals surface area contributed by atoms with E-state index >= 15 is 0 Å². The second-order valence-electron chi connectivity index (χ2n) is 4.48. The zero-order chi connectivity index (χ0) is 14.0. The highest BCUT2D eigenvalue weighted by Crippen LogP contribution is 2.18. The summed E-state index contributed by atoms with van der Waals surface area (Å²) in [6.07, 6.45) is 0. The quantitative estimate of drug-likeness (QED) is 0.812. The molecule has 0 spiro atoms. The van der Waals surface area contributed by atoms with Gasteiger partial charge >= 0.3 is 0 Å². The van der Waals surface area contributed by atoms with Gasteiger partial charge in [0.2, 0.25) is 0 Å². The van der Waals surface area contributed by atoms with Crippen molar-refractivity contribution in [1.82, 2.24) is 0 Å². The lowest BCUT2D eigenvalue weighted by atomic mass is 10.1. The summed E-state index contributed by atoms with van der Waals surface area (Å²) in [5.74, 6) is -0.661. The van der Waals surface area contributed by atoms with Gasteiger partial charge in [-0.2, -0.15) is 0 Å². The number of anilines is 2. The van der Waals surface area contributed by atoms with Crippen molar-refractivity contribution in [2.24, 2.45) is 0 Å². The maximum absolute atomic E-state index is 13.1. The molecule has 4 heteroatoms. The molecular formula is C15H15FN2O. The minimum Gasteiger partial charge on any atom is -0.399 e. The average molecular weight is 258 g/mol. The smallest absolute Gasteiger partial charge is 0.255 e. The summed E-state index contributed by atoms with van der Waals surface area (Å²) < 4.78 is 13.1. The maximum atomic E-state index is 13.1. The van der Waals surface area contributed by atoms with Gasteiger partial charge in [-0.1, -0.05) is 6.07 Å². The summed E-state index contributed by atoms with van der Waals surface area (Å²) >= 11 is 0. The molecule has 2 aromatic carbocycles. The Hall–Kier alpha value is -2.36. The number of nitrogen functional groups attached to an aromatic ring is 1. The first kappa shape index (κ1) is 13.1. The van der Waals surface area contributed by atoms with E-state index in [0.717, 1.165) is 11.1 Å². The Morgan fingerprint density at radius 3 is 2.53 bits per heavy atom. The molecule has 0 radical (unpaired) electrons. The first-order valence-electron chi connectivity index (χ1n) is 5.91. The largest absolute Gasteiger partial charge is 0.399 e. The molecule has 2 rings (SSSR count). The highest BCUT2D eigenvalue weighted by molar-refractivity contribution is 6.05. The third-order valence-corrected chi connectivity index (χ3v) is 2.98. The topological polar surface area (TPSA) is 55.1 Å². The molecule has 19 heavy (non-hydrogen) atoms. The zero-order valence-electron chi connectivity index (χ0n) is 10.8. The van der Waals surface area contributed by atoms with E-state index in [-0.39, 0.29) is 11.7 Å². The molecule has 2 aromatic rings. The summed E-state index contributed by atoms with van der Waals surface area (Å²) in [6, 6.07) is 9.32. The number of halogens is 1.